The molecule has 4 rings (SSSR count). The molecule has 1 fully saturated rings. The number of Topliss-reactive ketones (excluding diaryl/α,β-unsaturated/α-hetero) is 1. The van der Waals surface area contributed by atoms with Crippen LogP contribution in [-0.2, 0) is 38.8 Å². The van der Waals surface area contributed by atoms with Gasteiger partial charge in [0.2, 0.25) is 34.0 Å². The average Bonchev–Trinajstić information content (AvgIpc) is 3.29. The number of rotatable bonds is 24. The number of hydrogen-bond acceptors (Lipinski definition) is 11. The number of hydrogen-bond donors (Lipinski definition) is 6. The molecule has 0 saturated heterocycles. The number of halogens is 3. The van der Waals surface area contributed by atoms with Gasteiger partial charge in [0.15, 0.2) is 5.66 Å². The Hall–Kier alpha value is -5.73. The molecule has 1 heterocycles. The maximum absolute atomic E-state index is 15.0. The Morgan fingerprint density at radius 3 is 2.18 bits per heavy atom. The topological polar surface area (TPSA) is 252 Å². The Bertz CT molecular complexity index is 2290. The summed E-state index contributed by atoms with van der Waals surface area (Å²) in [6.07, 6.45) is 3.37. The van der Waals surface area contributed by atoms with Gasteiger partial charge in [-0.1, -0.05) is 102 Å². The number of carbonyl (C=O) groups excluding carboxylic acids is 7. The van der Waals surface area contributed by atoms with Crippen LogP contribution in [-0.4, -0.2) is 96.7 Å². The second-order valence-corrected chi connectivity index (χ2v) is 18.9. The first-order valence-electron chi connectivity index (χ1n) is 21.7. The highest BCUT2D eigenvalue weighted by atomic mass is 35.5. The molecule has 6 N–H and O–H groups in total. The van der Waals surface area contributed by atoms with Crippen molar-refractivity contribution in [3.63, 3.8) is 0 Å². The van der Waals surface area contributed by atoms with Crippen molar-refractivity contribution >= 4 is 63.2 Å². The van der Waals surface area contributed by atoms with E-state index in [2.05, 4.69) is 36.0 Å². The first-order valence-corrected chi connectivity index (χ1v) is 23.6. The van der Waals surface area contributed by atoms with Gasteiger partial charge in [-0.05, 0) is 66.0 Å². The van der Waals surface area contributed by atoms with Crippen LogP contribution in [0, 0.1) is 17.8 Å². The predicted octanol–water partition coefficient (Wildman–Crippen LogP) is 4.26. The van der Waals surface area contributed by atoms with Crippen LogP contribution < -0.4 is 31.3 Å². The Morgan fingerprint density at radius 2 is 1.58 bits per heavy atom. The van der Waals surface area contributed by atoms with E-state index in [0.717, 1.165) is 25.5 Å². The average molecular weight is 960 g/mol. The molecule has 0 radical (unpaired) electrons. The quantitative estimate of drug-likeness (QED) is 0.0421. The Morgan fingerprint density at radius 1 is 0.894 bits per heavy atom. The van der Waals surface area contributed by atoms with E-state index in [1.807, 2.05) is 5.32 Å². The number of aldehydes is 1. The SMILES string of the molecule is CCC(C)C(NC(=O)C(CC(C)C)(NC(=O)c1cnccn1)NS(=O)(=O)c1cccc(-c2ccc(Cl)cc2)c1)C(=O)NC(CC1CCCCC1)C(=O)NC(CC(F)F)C(=O)C(=O)NCC=O. The maximum Gasteiger partial charge on any atom is 0.289 e. The van der Waals surface area contributed by atoms with Crippen molar-refractivity contribution in [1.82, 2.24) is 41.3 Å². The fourth-order valence-corrected chi connectivity index (χ4v) is 9.12. The molecule has 358 valence electrons. The molecule has 3 aromatic rings. The van der Waals surface area contributed by atoms with E-state index in [4.69, 9.17) is 11.6 Å². The number of nitrogens with one attached hydrogen (secondary N) is 6. The summed E-state index contributed by atoms with van der Waals surface area (Å²) in [4.78, 5) is 101. The number of alkyl halides is 2. The lowest BCUT2D eigenvalue weighted by atomic mass is 9.84. The third kappa shape index (κ3) is 15.2. The minimum atomic E-state index is -4.71. The first-order chi connectivity index (χ1) is 31.3. The van der Waals surface area contributed by atoms with Gasteiger partial charge < -0.3 is 31.4 Å². The molecule has 0 spiro atoms. The van der Waals surface area contributed by atoms with Crippen LogP contribution in [0.3, 0.4) is 0 Å². The number of ketones is 1. The van der Waals surface area contributed by atoms with Crippen LogP contribution in [0.15, 0.2) is 72.0 Å². The van der Waals surface area contributed by atoms with Crippen LogP contribution >= 0.6 is 11.6 Å². The molecule has 1 saturated carbocycles. The van der Waals surface area contributed by atoms with Gasteiger partial charge in [0, 0.05) is 23.8 Å². The number of aromatic nitrogens is 2. The number of carbonyl (C=O) groups is 7. The molecule has 1 aliphatic carbocycles. The number of nitrogens with zero attached hydrogens (tertiary/aromatic N) is 2. The zero-order chi connectivity index (χ0) is 48.6. The van der Waals surface area contributed by atoms with Gasteiger partial charge in [0.05, 0.1) is 17.6 Å². The van der Waals surface area contributed by atoms with Crippen LogP contribution in [0.1, 0.15) is 96.0 Å². The molecule has 5 atom stereocenters. The number of benzene rings is 2. The van der Waals surface area contributed by atoms with Crippen molar-refractivity contribution in [2.45, 2.75) is 121 Å². The van der Waals surface area contributed by atoms with E-state index in [0.29, 0.717) is 29.0 Å². The minimum Gasteiger partial charge on any atom is -0.344 e. The van der Waals surface area contributed by atoms with Crippen molar-refractivity contribution in [3.8, 4) is 11.1 Å². The van der Waals surface area contributed by atoms with Crippen LogP contribution in [0.5, 0.6) is 0 Å². The molecule has 21 heteroatoms. The first kappa shape index (κ1) is 52.9. The normalized spacial score (nSPS) is 15.9. The van der Waals surface area contributed by atoms with Gasteiger partial charge >= 0.3 is 0 Å². The summed E-state index contributed by atoms with van der Waals surface area (Å²) < 4.78 is 58.8. The zero-order valence-electron chi connectivity index (χ0n) is 37.2. The van der Waals surface area contributed by atoms with Gasteiger partial charge in [0.1, 0.15) is 30.1 Å². The number of sulfonamides is 1. The van der Waals surface area contributed by atoms with E-state index in [1.165, 1.54) is 30.6 Å². The van der Waals surface area contributed by atoms with Crippen molar-refractivity contribution < 1.29 is 50.8 Å². The summed E-state index contributed by atoms with van der Waals surface area (Å²) in [7, 11) is -4.71. The molecule has 1 aromatic heterocycles. The third-order valence-corrected chi connectivity index (χ3v) is 12.9. The largest absolute Gasteiger partial charge is 0.344 e. The van der Waals surface area contributed by atoms with Crippen LogP contribution in [0.4, 0.5) is 8.78 Å². The molecule has 66 heavy (non-hydrogen) atoms. The molecule has 2 aromatic carbocycles. The van der Waals surface area contributed by atoms with Gasteiger partial charge in [-0.3, -0.25) is 33.8 Å². The standard InChI is InChI=1S/C45H57ClF2N8O9S/c1-5-28(4)38(42(61)53-35(22-29-10-7-6-8-11-29)40(59)52-34(24-37(47)48)39(58)43(62)51-20-21-57)54-44(63)45(25-27(2)3,55-41(60)36-26-49-18-19-50-36)56-66(64,65)33-13-9-12-31(23-33)30-14-16-32(46)17-15-30/h9,12-19,21,23,26-29,34-35,37-38,56H,5-8,10-11,20,22,24-25H2,1-4H3,(H,51,62)(H,52,59)(H,53,61)(H,54,63)(H,55,60). The summed E-state index contributed by atoms with van der Waals surface area (Å²) in [5, 5.41) is 12.5. The van der Waals surface area contributed by atoms with Crippen molar-refractivity contribution in [2.75, 3.05) is 6.54 Å². The van der Waals surface area contributed by atoms with Gasteiger partial charge in [0.25, 0.3) is 17.7 Å². The highest BCUT2D eigenvalue weighted by Gasteiger charge is 2.47. The highest BCUT2D eigenvalue weighted by molar-refractivity contribution is 7.89. The smallest absolute Gasteiger partial charge is 0.289 e. The zero-order valence-corrected chi connectivity index (χ0v) is 38.7. The monoisotopic (exact) mass is 958 g/mol. The van der Waals surface area contributed by atoms with Crippen LogP contribution in [0.25, 0.3) is 11.1 Å². The molecular formula is C45H57ClF2N8O9S. The second-order valence-electron chi connectivity index (χ2n) is 16.8. The summed E-state index contributed by atoms with van der Waals surface area (Å²) in [6, 6.07) is 7.52. The van der Waals surface area contributed by atoms with E-state index >= 15 is 4.79 Å². The molecule has 1 aliphatic rings. The van der Waals surface area contributed by atoms with Crippen LogP contribution in [0.2, 0.25) is 5.02 Å². The second kappa shape index (κ2) is 24.7. The van der Waals surface area contributed by atoms with E-state index in [-0.39, 0.29) is 42.1 Å². The Kier molecular flexibility index (Phi) is 19.8. The third-order valence-electron chi connectivity index (χ3n) is 11.2. The van der Waals surface area contributed by atoms with E-state index in [1.54, 1.807) is 58.0 Å². The van der Waals surface area contributed by atoms with E-state index in [9.17, 15) is 46.0 Å². The summed E-state index contributed by atoms with van der Waals surface area (Å²) >= 11 is 6.08. The lowest BCUT2D eigenvalue weighted by Crippen LogP contribution is -2.71. The Balaban J connectivity index is 1.75. The molecule has 5 amide bonds. The van der Waals surface area contributed by atoms with Crippen molar-refractivity contribution in [3.05, 3.63) is 77.8 Å². The lowest BCUT2D eigenvalue weighted by Gasteiger charge is -2.37. The fourth-order valence-electron chi connectivity index (χ4n) is 7.65. The maximum atomic E-state index is 15.0. The summed E-state index contributed by atoms with van der Waals surface area (Å²) in [5.74, 6) is -8.23. The van der Waals surface area contributed by atoms with E-state index < -0.39 is 100 Å². The Labute approximate surface area is 387 Å². The predicted molar refractivity (Wildman–Crippen MR) is 240 cm³/mol. The fraction of sp³-hybridized carbons (Fsp3) is 0.489. The molecule has 0 aliphatic heterocycles. The number of amides is 5. The molecule has 0 bridgehead atoms. The summed E-state index contributed by atoms with van der Waals surface area (Å²) in [5.41, 5.74) is -1.65. The summed E-state index contributed by atoms with van der Waals surface area (Å²) in [6.45, 7) is 6.11. The van der Waals surface area contributed by atoms with Gasteiger partial charge in [-0.25, -0.2) is 22.2 Å². The highest BCUT2D eigenvalue weighted by Crippen LogP contribution is 2.29. The molecule has 5 unspecified atom stereocenters. The van der Waals surface area contributed by atoms with Gasteiger partial charge in [-0.15, -0.1) is 0 Å². The van der Waals surface area contributed by atoms with Crippen molar-refractivity contribution in [2.24, 2.45) is 17.8 Å². The molecule has 17 nitrogen and oxygen atoms in total. The van der Waals surface area contributed by atoms with Gasteiger partial charge in [-0.2, -0.15) is 4.72 Å². The van der Waals surface area contributed by atoms with Crippen molar-refractivity contribution in [1.29, 1.82) is 0 Å². The molecular weight excluding hydrogens is 902 g/mol. The lowest BCUT2D eigenvalue weighted by molar-refractivity contribution is -0.141. The minimum absolute atomic E-state index is 0.00596.